The van der Waals surface area contributed by atoms with E-state index in [1.807, 2.05) is 0 Å². The molecule has 1 aromatic carbocycles. The van der Waals surface area contributed by atoms with E-state index in [-0.39, 0.29) is 24.3 Å². The van der Waals surface area contributed by atoms with Crippen LogP contribution in [0.2, 0.25) is 0 Å². The Hall–Kier alpha value is -3.75. The van der Waals surface area contributed by atoms with Crippen LogP contribution in [0.25, 0.3) is 11.2 Å². The van der Waals surface area contributed by atoms with Crippen molar-refractivity contribution in [2.24, 2.45) is 7.05 Å². The predicted octanol–water partition coefficient (Wildman–Crippen LogP) is 5.06. The Labute approximate surface area is 221 Å². The molecule has 0 N–H and O–H groups in total. The van der Waals surface area contributed by atoms with Gasteiger partial charge in [0.25, 0.3) is 5.92 Å². The van der Waals surface area contributed by atoms with Crippen LogP contribution in [0.5, 0.6) is 0 Å². The predicted molar refractivity (Wildman–Crippen MR) is 126 cm³/mol. The maximum absolute atomic E-state index is 15.7. The average molecular weight is 574 g/mol. The van der Waals surface area contributed by atoms with Gasteiger partial charge >= 0.3 is 17.8 Å². The fourth-order valence-corrected chi connectivity index (χ4v) is 4.85. The van der Waals surface area contributed by atoms with Gasteiger partial charge in [0.2, 0.25) is 11.5 Å². The van der Waals surface area contributed by atoms with Crippen molar-refractivity contribution in [3.8, 4) is 5.69 Å². The maximum atomic E-state index is 15.7. The van der Waals surface area contributed by atoms with E-state index < -0.39 is 64.8 Å². The molecule has 0 radical (unpaired) electrons. The normalized spacial score (nSPS) is 17.9. The average Bonchev–Trinajstić information content (AvgIpc) is 3.55. The molecule has 0 amide bonds. The topological polar surface area (TPSA) is 60.4 Å². The van der Waals surface area contributed by atoms with E-state index in [1.165, 1.54) is 24.1 Å². The second kappa shape index (κ2) is 9.14. The third kappa shape index (κ3) is 4.65. The van der Waals surface area contributed by atoms with Crippen molar-refractivity contribution in [2.45, 2.75) is 43.6 Å². The molecule has 1 aliphatic heterocycles. The van der Waals surface area contributed by atoms with Gasteiger partial charge in [0.05, 0.1) is 23.3 Å². The Morgan fingerprint density at radius 1 is 1.05 bits per heavy atom. The molecule has 5 rings (SSSR count). The van der Waals surface area contributed by atoms with Crippen LogP contribution >= 0.6 is 0 Å². The Bertz CT molecular complexity index is 1630. The molecule has 0 bridgehead atoms. The first-order chi connectivity index (χ1) is 18.5. The molecule has 0 spiro atoms. The highest BCUT2D eigenvalue weighted by Crippen LogP contribution is 2.47. The quantitative estimate of drug-likeness (QED) is 0.303. The van der Waals surface area contributed by atoms with Crippen molar-refractivity contribution in [1.29, 1.82) is 0 Å². The van der Waals surface area contributed by atoms with Gasteiger partial charge in [-0.05, 0) is 36.2 Å². The number of hydrogen-bond donors (Lipinski definition) is 0. The third-order valence-electron chi connectivity index (χ3n) is 7.03. The molecule has 1 aliphatic rings. The molecular weight excluding hydrogens is 552 g/mol. The van der Waals surface area contributed by atoms with E-state index in [4.69, 9.17) is 0 Å². The van der Waals surface area contributed by atoms with Gasteiger partial charge in [-0.1, -0.05) is 12.1 Å². The zero-order chi connectivity index (χ0) is 29.3. The van der Waals surface area contributed by atoms with Crippen molar-refractivity contribution >= 4 is 5.52 Å². The number of alkyl halides is 8. The SMILES string of the molecule is Cn1cnnc1C(F)(F)[C@@](C)(F)c1cccc(-n2cc3c(C(F)(F)F)cc(CN4CCC(F)(F)C4)cn3c2=O)c1. The summed E-state index contributed by atoms with van der Waals surface area (Å²) >= 11 is 0. The van der Waals surface area contributed by atoms with E-state index in [0.29, 0.717) is 11.3 Å². The number of fused-ring (bicyclic) bond motifs is 1. The highest BCUT2D eigenvalue weighted by Gasteiger charge is 2.57. The van der Waals surface area contributed by atoms with Crippen molar-refractivity contribution in [3.05, 3.63) is 82.1 Å². The summed E-state index contributed by atoms with van der Waals surface area (Å²) in [4.78, 5) is 14.5. The molecule has 15 heteroatoms. The zero-order valence-electron chi connectivity index (χ0n) is 21.1. The minimum Gasteiger partial charge on any atom is -0.316 e. The smallest absolute Gasteiger partial charge is 0.316 e. The molecule has 4 aromatic rings. The molecule has 0 saturated carbocycles. The van der Waals surface area contributed by atoms with Crippen LogP contribution in [0, 0.1) is 0 Å². The number of aryl methyl sites for hydroxylation is 1. The summed E-state index contributed by atoms with van der Waals surface area (Å²) in [7, 11) is 1.21. The number of hydrogen-bond acceptors (Lipinski definition) is 4. The van der Waals surface area contributed by atoms with Gasteiger partial charge in [0.1, 0.15) is 6.33 Å². The van der Waals surface area contributed by atoms with E-state index in [1.54, 1.807) is 0 Å². The second-order valence-corrected chi connectivity index (χ2v) is 10.0. The first-order valence-electron chi connectivity index (χ1n) is 12.0. The number of rotatable bonds is 6. The maximum Gasteiger partial charge on any atom is 0.418 e. The number of benzene rings is 1. The minimum absolute atomic E-state index is 0.0224. The lowest BCUT2D eigenvalue weighted by molar-refractivity contribution is -0.149. The van der Waals surface area contributed by atoms with Crippen molar-refractivity contribution in [2.75, 3.05) is 13.1 Å². The van der Waals surface area contributed by atoms with Gasteiger partial charge in [-0.2, -0.15) is 22.0 Å². The van der Waals surface area contributed by atoms with E-state index in [0.717, 1.165) is 46.1 Å². The number of aromatic nitrogens is 5. The summed E-state index contributed by atoms with van der Waals surface area (Å²) in [5.41, 5.74) is -6.84. The van der Waals surface area contributed by atoms with Crippen LogP contribution in [0.3, 0.4) is 0 Å². The first-order valence-corrected chi connectivity index (χ1v) is 12.0. The fraction of sp³-hybridized carbons (Fsp3) is 0.400. The number of imidazole rings is 1. The van der Waals surface area contributed by atoms with E-state index in [2.05, 4.69) is 10.2 Å². The van der Waals surface area contributed by atoms with Gasteiger partial charge in [-0.25, -0.2) is 18.0 Å². The summed E-state index contributed by atoms with van der Waals surface area (Å²) in [6.07, 6.45) is -2.38. The first kappa shape index (κ1) is 27.8. The minimum atomic E-state index is -4.91. The van der Waals surface area contributed by atoms with Gasteiger partial charge in [-0.3, -0.25) is 13.9 Å². The van der Waals surface area contributed by atoms with Crippen molar-refractivity contribution < 1.29 is 35.1 Å². The van der Waals surface area contributed by atoms with Gasteiger partial charge < -0.3 is 4.57 Å². The molecule has 1 atom stereocenters. The molecular formula is C25H22F8N6O. The number of nitrogens with zero attached hydrogens (tertiary/aromatic N) is 6. The highest BCUT2D eigenvalue weighted by molar-refractivity contribution is 5.58. The van der Waals surface area contributed by atoms with Crippen molar-refractivity contribution in [1.82, 2.24) is 28.6 Å². The Kier molecular flexibility index (Phi) is 6.36. The Balaban J connectivity index is 1.59. The Morgan fingerprint density at radius 3 is 2.38 bits per heavy atom. The van der Waals surface area contributed by atoms with Gasteiger partial charge in [0, 0.05) is 39.0 Å². The number of likely N-dealkylation sites (tertiary alicyclic amines) is 1. The molecule has 1 fully saturated rings. The van der Waals surface area contributed by atoms with Gasteiger partial charge in [-0.15, -0.1) is 10.2 Å². The number of pyridine rings is 1. The molecule has 1 saturated heterocycles. The van der Waals surface area contributed by atoms with Crippen LogP contribution < -0.4 is 5.69 Å². The van der Waals surface area contributed by atoms with Gasteiger partial charge in [0.15, 0.2) is 0 Å². The molecule has 40 heavy (non-hydrogen) atoms. The van der Waals surface area contributed by atoms with Crippen LogP contribution in [0.15, 0.2) is 53.8 Å². The lowest BCUT2D eigenvalue weighted by Gasteiger charge is -2.29. The molecule has 7 nitrogen and oxygen atoms in total. The standard InChI is InChI=1S/C25H22F8N6O/c1-22(26,24(29,30)20-35-34-14-36(20)2)16-4-3-5-17(9-16)38-12-19-18(25(31,32)33)8-15(11-39(19)21(38)40)10-37-7-6-23(27,28)13-37/h3-5,8-9,11-12,14H,6-7,10,13H2,1-2H3/t22-/m0/s1. The molecule has 4 heterocycles. The fourth-order valence-electron chi connectivity index (χ4n) is 4.85. The van der Waals surface area contributed by atoms with E-state index >= 15 is 13.2 Å². The third-order valence-corrected chi connectivity index (χ3v) is 7.03. The summed E-state index contributed by atoms with van der Waals surface area (Å²) in [5, 5.41) is 6.66. The second-order valence-electron chi connectivity index (χ2n) is 10.0. The summed E-state index contributed by atoms with van der Waals surface area (Å²) in [5.74, 6) is -8.08. The van der Waals surface area contributed by atoms with Crippen LogP contribution in [-0.4, -0.2) is 47.6 Å². The molecule has 0 unspecified atom stereocenters. The van der Waals surface area contributed by atoms with Crippen LogP contribution in [0.1, 0.15) is 35.9 Å². The van der Waals surface area contributed by atoms with Crippen LogP contribution in [-0.2, 0) is 31.4 Å². The molecule has 214 valence electrons. The van der Waals surface area contributed by atoms with E-state index in [9.17, 15) is 26.7 Å². The van der Waals surface area contributed by atoms with Crippen molar-refractivity contribution in [3.63, 3.8) is 0 Å². The summed E-state index contributed by atoms with van der Waals surface area (Å²) < 4.78 is 118. The monoisotopic (exact) mass is 574 g/mol. The molecule has 3 aromatic heterocycles. The lowest BCUT2D eigenvalue weighted by atomic mass is 9.90. The van der Waals surface area contributed by atoms with Crippen LogP contribution in [0.4, 0.5) is 35.1 Å². The largest absolute Gasteiger partial charge is 0.418 e. The lowest BCUT2D eigenvalue weighted by Crippen LogP contribution is -2.39. The Morgan fingerprint density at radius 2 is 1.77 bits per heavy atom. The number of halogens is 8. The summed E-state index contributed by atoms with van der Waals surface area (Å²) in [6, 6.07) is 5.21. The highest BCUT2D eigenvalue weighted by atomic mass is 19.4. The molecule has 0 aliphatic carbocycles. The summed E-state index contributed by atoms with van der Waals surface area (Å²) in [6.45, 7) is -0.291. The zero-order valence-corrected chi connectivity index (χ0v) is 21.1.